The molecule has 0 saturated carbocycles. The fourth-order valence-electron chi connectivity index (χ4n) is 2.11. The topological polar surface area (TPSA) is 18.5 Å². The van der Waals surface area contributed by atoms with Crippen LogP contribution in [0, 0.1) is 0 Å². The van der Waals surface area contributed by atoms with E-state index in [1.165, 1.54) is 11.1 Å². The summed E-state index contributed by atoms with van der Waals surface area (Å²) in [5.74, 6) is 0. The van der Waals surface area contributed by atoms with Crippen molar-refractivity contribution in [2.45, 2.75) is 32.3 Å². The monoisotopic (exact) mass is 232 g/mol. The molecule has 0 N–H and O–H groups in total. The summed E-state index contributed by atoms with van der Waals surface area (Å²) in [5, 5.41) is 0. The summed E-state index contributed by atoms with van der Waals surface area (Å²) in [5.41, 5.74) is 2.36. The molecular formula is C15H20O2. The van der Waals surface area contributed by atoms with Gasteiger partial charge in [0.15, 0.2) is 0 Å². The minimum Gasteiger partial charge on any atom is -0.501 e. The molecule has 0 aliphatic carbocycles. The van der Waals surface area contributed by atoms with Gasteiger partial charge in [-0.15, -0.1) is 0 Å². The Hall–Kier alpha value is -1.28. The maximum atomic E-state index is 5.81. The molecule has 1 atom stereocenters. The smallest absolute Gasteiger partial charge is 0.0985 e. The molecule has 1 unspecified atom stereocenters. The van der Waals surface area contributed by atoms with E-state index in [0.717, 1.165) is 19.4 Å². The molecule has 1 fully saturated rings. The Morgan fingerprint density at radius 2 is 2.06 bits per heavy atom. The first-order chi connectivity index (χ1) is 8.23. The summed E-state index contributed by atoms with van der Waals surface area (Å²) in [6.45, 7) is 5.64. The van der Waals surface area contributed by atoms with Crippen LogP contribution in [-0.2, 0) is 15.1 Å². The van der Waals surface area contributed by atoms with Gasteiger partial charge in [-0.2, -0.15) is 0 Å². The molecule has 0 spiro atoms. The predicted octanol–water partition coefficient (Wildman–Crippen LogP) is 3.63. The molecule has 1 heterocycles. The molecule has 1 aromatic rings. The van der Waals surface area contributed by atoms with Gasteiger partial charge in [-0.05, 0) is 25.0 Å². The fourth-order valence-corrected chi connectivity index (χ4v) is 2.11. The van der Waals surface area contributed by atoms with Gasteiger partial charge in [0.05, 0.1) is 25.1 Å². The second kappa shape index (κ2) is 5.37. The van der Waals surface area contributed by atoms with Crippen molar-refractivity contribution in [3.8, 4) is 0 Å². The van der Waals surface area contributed by atoms with Crippen LogP contribution in [0.3, 0.4) is 0 Å². The van der Waals surface area contributed by atoms with Crippen LogP contribution < -0.4 is 0 Å². The molecule has 2 heteroatoms. The van der Waals surface area contributed by atoms with Gasteiger partial charge >= 0.3 is 0 Å². The Morgan fingerprint density at radius 1 is 1.35 bits per heavy atom. The Morgan fingerprint density at radius 3 is 2.59 bits per heavy atom. The summed E-state index contributed by atoms with van der Waals surface area (Å²) in [6, 6.07) is 10.4. The molecule has 1 saturated heterocycles. The second-order valence-corrected chi connectivity index (χ2v) is 4.77. The van der Waals surface area contributed by atoms with Crippen LogP contribution in [0.2, 0.25) is 0 Å². The highest BCUT2D eigenvalue weighted by molar-refractivity contribution is 5.24. The van der Waals surface area contributed by atoms with Crippen LogP contribution in [0.5, 0.6) is 0 Å². The molecule has 2 nitrogen and oxygen atoms in total. The van der Waals surface area contributed by atoms with E-state index in [1.807, 2.05) is 26.2 Å². The zero-order valence-corrected chi connectivity index (χ0v) is 10.6. The van der Waals surface area contributed by atoms with E-state index >= 15 is 0 Å². The van der Waals surface area contributed by atoms with Crippen LogP contribution in [0.1, 0.15) is 32.3 Å². The Kier molecular flexibility index (Phi) is 3.85. The van der Waals surface area contributed by atoms with Gasteiger partial charge in [-0.25, -0.2) is 0 Å². The van der Waals surface area contributed by atoms with Crippen LogP contribution in [0.25, 0.3) is 0 Å². The van der Waals surface area contributed by atoms with E-state index in [9.17, 15) is 0 Å². The molecule has 2 rings (SSSR count). The van der Waals surface area contributed by atoms with E-state index in [4.69, 9.17) is 9.47 Å². The van der Waals surface area contributed by atoms with Gasteiger partial charge in [0.2, 0.25) is 0 Å². The van der Waals surface area contributed by atoms with Gasteiger partial charge in [0.25, 0.3) is 0 Å². The van der Waals surface area contributed by atoms with Crippen LogP contribution in [0.15, 0.2) is 42.2 Å². The number of benzene rings is 1. The summed E-state index contributed by atoms with van der Waals surface area (Å²) < 4.78 is 11.3. The SMILES string of the molecule is CC(C)=COCCC1(c2ccccc2)CCO1. The third-order valence-corrected chi connectivity index (χ3v) is 3.13. The van der Waals surface area contributed by atoms with E-state index in [2.05, 4.69) is 24.3 Å². The van der Waals surface area contributed by atoms with E-state index in [1.54, 1.807) is 0 Å². The van der Waals surface area contributed by atoms with Crippen molar-refractivity contribution in [3.63, 3.8) is 0 Å². The lowest BCUT2D eigenvalue weighted by molar-refractivity contribution is -0.164. The molecule has 92 valence electrons. The van der Waals surface area contributed by atoms with Gasteiger partial charge in [-0.1, -0.05) is 30.3 Å². The number of ether oxygens (including phenoxy) is 2. The third-order valence-electron chi connectivity index (χ3n) is 3.13. The largest absolute Gasteiger partial charge is 0.501 e. The first-order valence-corrected chi connectivity index (χ1v) is 6.17. The summed E-state index contributed by atoms with van der Waals surface area (Å²) >= 11 is 0. The zero-order chi connectivity index (χ0) is 12.1. The molecule has 17 heavy (non-hydrogen) atoms. The highest BCUT2D eigenvalue weighted by atomic mass is 16.5. The molecule has 0 radical (unpaired) electrons. The molecule has 1 aliphatic rings. The first kappa shape index (κ1) is 12.2. The van der Waals surface area contributed by atoms with Crippen molar-refractivity contribution in [2.24, 2.45) is 0 Å². The lowest BCUT2D eigenvalue weighted by atomic mass is 9.84. The molecule has 1 aliphatic heterocycles. The first-order valence-electron chi connectivity index (χ1n) is 6.17. The van der Waals surface area contributed by atoms with E-state index < -0.39 is 0 Å². The van der Waals surface area contributed by atoms with Crippen molar-refractivity contribution in [3.05, 3.63) is 47.7 Å². The lowest BCUT2D eigenvalue weighted by Crippen LogP contribution is -2.41. The molecule has 0 amide bonds. The summed E-state index contributed by atoms with van der Waals surface area (Å²) in [6.07, 6.45) is 3.83. The van der Waals surface area contributed by atoms with E-state index in [0.29, 0.717) is 6.61 Å². The average molecular weight is 232 g/mol. The number of allylic oxidation sites excluding steroid dienone is 1. The van der Waals surface area contributed by atoms with Gasteiger partial charge in [0, 0.05) is 12.8 Å². The fraction of sp³-hybridized carbons (Fsp3) is 0.467. The van der Waals surface area contributed by atoms with Gasteiger partial charge in [0.1, 0.15) is 0 Å². The molecular weight excluding hydrogens is 212 g/mol. The van der Waals surface area contributed by atoms with Crippen LogP contribution in [0.4, 0.5) is 0 Å². The Balaban J connectivity index is 1.94. The normalized spacial score (nSPS) is 22.7. The van der Waals surface area contributed by atoms with Crippen molar-refractivity contribution in [1.29, 1.82) is 0 Å². The number of rotatable bonds is 5. The molecule has 0 aromatic heterocycles. The molecule has 1 aromatic carbocycles. The standard InChI is InChI=1S/C15H20O2/c1-13(2)12-16-10-8-15(9-11-17-15)14-6-4-3-5-7-14/h3-7,12H,8-11H2,1-2H3. The Bertz CT molecular complexity index is 373. The van der Waals surface area contributed by atoms with Crippen molar-refractivity contribution >= 4 is 0 Å². The summed E-state index contributed by atoms with van der Waals surface area (Å²) in [7, 11) is 0. The Labute approximate surface area is 103 Å². The maximum Gasteiger partial charge on any atom is 0.0985 e. The maximum absolute atomic E-state index is 5.81. The number of hydrogen-bond donors (Lipinski definition) is 0. The van der Waals surface area contributed by atoms with Crippen molar-refractivity contribution in [1.82, 2.24) is 0 Å². The minimum atomic E-state index is -0.100. The zero-order valence-electron chi connectivity index (χ0n) is 10.6. The lowest BCUT2D eigenvalue weighted by Gasteiger charge is -2.42. The van der Waals surface area contributed by atoms with Crippen molar-refractivity contribution in [2.75, 3.05) is 13.2 Å². The highest BCUT2D eigenvalue weighted by Gasteiger charge is 2.39. The van der Waals surface area contributed by atoms with E-state index in [-0.39, 0.29) is 5.60 Å². The van der Waals surface area contributed by atoms with Crippen molar-refractivity contribution < 1.29 is 9.47 Å². The molecule has 0 bridgehead atoms. The van der Waals surface area contributed by atoms with Crippen LogP contribution >= 0.6 is 0 Å². The predicted molar refractivity (Wildman–Crippen MR) is 68.7 cm³/mol. The highest BCUT2D eigenvalue weighted by Crippen LogP contribution is 2.40. The van der Waals surface area contributed by atoms with Crippen LogP contribution in [-0.4, -0.2) is 13.2 Å². The van der Waals surface area contributed by atoms with Gasteiger partial charge in [-0.3, -0.25) is 0 Å². The average Bonchev–Trinajstić information content (AvgIpc) is 2.28. The summed E-state index contributed by atoms with van der Waals surface area (Å²) in [4.78, 5) is 0. The quantitative estimate of drug-likeness (QED) is 0.570. The minimum absolute atomic E-state index is 0.100. The third kappa shape index (κ3) is 2.89. The second-order valence-electron chi connectivity index (χ2n) is 4.77. The van der Waals surface area contributed by atoms with Gasteiger partial charge < -0.3 is 9.47 Å². The number of hydrogen-bond acceptors (Lipinski definition) is 2.